The first kappa shape index (κ1) is 32.3. The van der Waals surface area contributed by atoms with E-state index in [4.69, 9.17) is 20.8 Å². The SMILES string of the molecule is COc1ccc(CC(NC(=O)/C=C/CC(O[Si](C)(C)C(C)(C)C)C(C)/C=C/c2ccncc2)C(=O)O)cc1Cl. The molecule has 0 aliphatic carbocycles. The van der Waals surface area contributed by atoms with Crippen molar-refractivity contribution in [2.45, 2.75) is 70.8 Å². The maximum Gasteiger partial charge on any atom is 0.326 e. The summed E-state index contributed by atoms with van der Waals surface area (Å²) in [6, 6.07) is 7.82. The van der Waals surface area contributed by atoms with E-state index in [2.05, 4.69) is 57.2 Å². The standard InChI is InChI=1S/C30H41ClN2O5Si/c1-21(11-12-22-15-17-32-18-16-22)26(38-39(6,7)30(2,3)4)9-8-10-28(34)33-25(29(35)36)20-23-13-14-27(37-5)24(31)19-23/h8,10-19,21,25-26H,9,20H2,1-7H3,(H,33,34)(H,35,36)/b10-8+,12-11+. The highest BCUT2D eigenvalue weighted by atomic mass is 35.5. The molecule has 2 aromatic rings. The van der Waals surface area contributed by atoms with Crippen molar-refractivity contribution in [3.8, 4) is 5.75 Å². The Labute approximate surface area is 238 Å². The Morgan fingerprint density at radius 2 is 1.85 bits per heavy atom. The first-order chi connectivity index (χ1) is 18.2. The molecule has 1 aromatic carbocycles. The lowest BCUT2D eigenvalue weighted by atomic mass is 10.00. The van der Waals surface area contributed by atoms with Crippen LogP contribution in [-0.2, 0) is 20.4 Å². The molecule has 1 amide bonds. The van der Waals surface area contributed by atoms with Crippen LogP contribution in [0.3, 0.4) is 0 Å². The van der Waals surface area contributed by atoms with Gasteiger partial charge in [0.2, 0.25) is 5.91 Å². The van der Waals surface area contributed by atoms with Crippen LogP contribution in [0, 0.1) is 5.92 Å². The Balaban J connectivity index is 2.11. The van der Waals surface area contributed by atoms with Gasteiger partial charge < -0.3 is 19.6 Å². The first-order valence-electron chi connectivity index (χ1n) is 13.0. The number of carbonyl (C=O) groups is 2. The predicted octanol–water partition coefficient (Wildman–Crippen LogP) is 6.54. The minimum atomic E-state index is -2.09. The fourth-order valence-corrected chi connectivity index (χ4v) is 5.29. The molecule has 0 aliphatic heterocycles. The number of amides is 1. The number of aromatic nitrogens is 1. The van der Waals surface area contributed by atoms with Gasteiger partial charge in [0.15, 0.2) is 8.32 Å². The Morgan fingerprint density at radius 1 is 1.18 bits per heavy atom. The topological polar surface area (TPSA) is 97.8 Å². The van der Waals surface area contributed by atoms with Crippen molar-refractivity contribution in [2.75, 3.05) is 7.11 Å². The number of carboxylic acid groups (broad SMARTS) is 1. The summed E-state index contributed by atoms with van der Waals surface area (Å²) in [6.07, 6.45) is 11.3. The van der Waals surface area contributed by atoms with E-state index < -0.39 is 26.2 Å². The van der Waals surface area contributed by atoms with Crippen molar-refractivity contribution in [1.29, 1.82) is 0 Å². The van der Waals surface area contributed by atoms with Crippen molar-refractivity contribution in [2.24, 2.45) is 5.92 Å². The van der Waals surface area contributed by atoms with Crippen LogP contribution in [0.4, 0.5) is 0 Å². The molecule has 1 aromatic heterocycles. The monoisotopic (exact) mass is 572 g/mol. The van der Waals surface area contributed by atoms with E-state index in [1.165, 1.54) is 13.2 Å². The Hall–Kier alpha value is -2.94. The van der Waals surface area contributed by atoms with Crippen molar-refractivity contribution in [1.82, 2.24) is 10.3 Å². The molecule has 0 fully saturated rings. The molecular formula is C30H41ClN2O5Si. The number of benzene rings is 1. The number of aliphatic carboxylic acids is 1. The first-order valence-corrected chi connectivity index (χ1v) is 16.3. The number of pyridine rings is 1. The predicted molar refractivity (Wildman–Crippen MR) is 160 cm³/mol. The van der Waals surface area contributed by atoms with Crippen molar-refractivity contribution in [3.63, 3.8) is 0 Å². The molecule has 212 valence electrons. The van der Waals surface area contributed by atoms with Gasteiger partial charge in [-0.25, -0.2) is 4.79 Å². The lowest BCUT2D eigenvalue weighted by Crippen LogP contribution is -2.45. The largest absolute Gasteiger partial charge is 0.495 e. The smallest absolute Gasteiger partial charge is 0.326 e. The Morgan fingerprint density at radius 3 is 2.41 bits per heavy atom. The average molecular weight is 573 g/mol. The molecule has 0 saturated carbocycles. The second-order valence-corrected chi connectivity index (χ2v) is 16.3. The van der Waals surface area contributed by atoms with Gasteiger partial charge in [-0.2, -0.15) is 0 Å². The van der Waals surface area contributed by atoms with Gasteiger partial charge in [0.1, 0.15) is 11.8 Å². The molecule has 3 atom stereocenters. The van der Waals surface area contributed by atoms with E-state index in [9.17, 15) is 14.7 Å². The maximum atomic E-state index is 12.7. The van der Waals surface area contributed by atoms with Crippen molar-refractivity contribution in [3.05, 3.63) is 77.1 Å². The number of rotatable bonds is 13. The fraction of sp³-hybridized carbons (Fsp3) is 0.433. The minimum Gasteiger partial charge on any atom is -0.495 e. The van der Waals surface area contributed by atoms with Crippen LogP contribution in [0.5, 0.6) is 5.75 Å². The summed E-state index contributed by atoms with van der Waals surface area (Å²) in [4.78, 5) is 28.6. The molecule has 39 heavy (non-hydrogen) atoms. The average Bonchev–Trinajstić information content (AvgIpc) is 2.86. The third kappa shape index (κ3) is 10.3. The summed E-state index contributed by atoms with van der Waals surface area (Å²) in [5.41, 5.74) is 1.73. The van der Waals surface area contributed by atoms with Crippen molar-refractivity contribution >= 4 is 37.9 Å². The van der Waals surface area contributed by atoms with E-state index in [-0.39, 0.29) is 23.5 Å². The molecule has 2 N–H and O–H groups in total. The quantitative estimate of drug-likeness (QED) is 0.209. The summed E-state index contributed by atoms with van der Waals surface area (Å²) in [5.74, 6) is -1.03. The number of halogens is 1. The van der Waals surface area contributed by atoms with Gasteiger partial charge in [0, 0.05) is 18.8 Å². The van der Waals surface area contributed by atoms with E-state index in [1.807, 2.05) is 18.2 Å². The molecule has 3 unspecified atom stereocenters. The van der Waals surface area contributed by atoms with Gasteiger partial charge in [0.25, 0.3) is 0 Å². The van der Waals surface area contributed by atoms with Crippen molar-refractivity contribution < 1.29 is 23.9 Å². The number of hydrogen-bond donors (Lipinski definition) is 2. The second-order valence-electron chi connectivity index (χ2n) is 11.1. The highest BCUT2D eigenvalue weighted by Gasteiger charge is 2.39. The molecule has 0 aliphatic rings. The van der Waals surface area contributed by atoms with Gasteiger partial charge in [0.05, 0.1) is 18.2 Å². The molecule has 0 saturated heterocycles. The summed E-state index contributed by atoms with van der Waals surface area (Å²) >= 11 is 6.17. The van der Waals surface area contributed by atoms with Crippen LogP contribution >= 0.6 is 11.6 Å². The maximum absolute atomic E-state index is 12.7. The number of hydrogen-bond acceptors (Lipinski definition) is 5. The highest BCUT2D eigenvalue weighted by molar-refractivity contribution is 6.74. The number of nitrogens with one attached hydrogen (secondary N) is 1. The molecule has 0 bridgehead atoms. The molecular weight excluding hydrogens is 532 g/mol. The zero-order valence-electron chi connectivity index (χ0n) is 23.9. The van der Waals surface area contributed by atoms with Crippen LogP contribution in [0.15, 0.2) is 61.0 Å². The van der Waals surface area contributed by atoms with Gasteiger partial charge in [-0.1, -0.05) is 63.6 Å². The normalized spacial score (nSPS) is 14.8. The van der Waals surface area contributed by atoms with E-state index in [0.717, 1.165) is 5.56 Å². The van der Waals surface area contributed by atoms with Gasteiger partial charge in [-0.05, 0) is 71.9 Å². The fourth-order valence-electron chi connectivity index (χ4n) is 3.59. The summed E-state index contributed by atoms with van der Waals surface area (Å²) in [6.45, 7) is 13.1. The highest BCUT2D eigenvalue weighted by Crippen LogP contribution is 2.38. The summed E-state index contributed by atoms with van der Waals surface area (Å²) < 4.78 is 11.9. The van der Waals surface area contributed by atoms with Crippen LogP contribution in [0.25, 0.3) is 6.08 Å². The number of methoxy groups -OCH3 is 1. The minimum absolute atomic E-state index is 0.0277. The second kappa shape index (κ2) is 14.4. The van der Waals surface area contributed by atoms with Crippen LogP contribution in [0.2, 0.25) is 23.2 Å². The Kier molecular flexibility index (Phi) is 12.0. The third-order valence-electron chi connectivity index (χ3n) is 7.05. The van der Waals surface area contributed by atoms with Gasteiger partial charge in [-0.15, -0.1) is 0 Å². The van der Waals surface area contributed by atoms with Crippen LogP contribution < -0.4 is 10.1 Å². The molecule has 1 heterocycles. The zero-order valence-corrected chi connectivity index (χ0v) is 25.7. The molecule has 9 heteroatoms. The number of ether oxygens (including phenoxy) is 1. The number of carbonyl (C=O) groups excluding carboxylic acids is 1. The van der Waals surface area contributed by atoms with E-state index in [0.29, 0.717) is 22.8 Å². The summed E-state index contributed by atoms with van der Waals surface area (Å²) in [5, 5.41) is 12.7. The van der Waals surface area contributed by atoms with Crippen LogP contribution in [-0.4, -0.2) is 49.5 Å². The molecule has 0 spiro atoms. The molecule has 2 rings (SSSR count). The zero-order chi connectivity index (χ0) is 29.2. The molecule has 0 radical (unpaired) electrons. The lowest BCUT2D eigenvalue weighted by molar-refractivity contribution is -0.141. The van der Waals surface area contributed by atoms with E-state index in [1.54, 1.807) is 36.7 Å². The number of carboxylic acids is 1. The number of nitrogens with zero attached hydrogens (tertiary/aromatic N) is 1. The van der Waals surface area contributed by atoms with E-state index >= 15 is 0 Å². The van der Waals surface area contributed by atoms with Crippen LogP contribution in [0.1, 0.15) is 45.2 Å². The molecule has 7 nitrogen and oxygen atoms in total. The third-order valence-corrected chi connectivity index (χ3v) is 11.8. The van der Waals surface area contributed by atoms with Gasteiger partial charge in [-0.3, -0.25) is 9.78 Å². The Bertz CT molecular complexity index is 1160. The summed E-state index contributed by atoms with van der Waals surface area (Å²) in [7, 11) is -0.581. The van der Waals surface area contributed by atoms with Gasteiger partial charge >= 0.3 is 5.97 Å². The lowest BCUT2D eigenvalue weighted by Gasteiger charge is -2.40.